The van der Waals surface area contributed by atoms with Crippen LogP contribution >= 0.6 is 0 Å². The maximum absolute atomic E-state index is 12.2. The lowest BCUT2D eigenvalue weighted by Gasteiger charge is -2.20. The van der Waals surface area contributed by atoms with Gasteiger partial charge in [-0.2, -0.15) is 5.10 Å². The molecule has 2 rings (SSSR count). The van der Waals surface area contributed by atoms with Gasteiger partial charge in [0.25, 0.3) is 0 Å². The van der Waals surface area contributed by atoms with Crippen molar-refractivity contribution in [3.8, 4) is 0 Å². The van der Waals surface area contributed by atoms with E-state index < -0.39 is 6.04 Å². The smallest absolute Gasteiger partial charge is 0.243 e. The van der Waals surface area contributed by atoms with Crippen molar-refractivity contribution < 1.29 is 4.79 Å². The lowest BCUT2D eigenvalue weighted by atomic mass is 10.1. The van der Waals surface area contributed by atoms with Crippen molar-refractivity contribution in [2.75, 3.05) is 13.6 Å². The maximum Gasteiger partial charge on any atom is 0.243 e. The van der Waals surface area contributed by atoms with E-state index in [0.29, 0.717) is 6.54 Å². The quantitative estimate of drug-likeness (QED) is 0.887. The zero-order valence-corrected chi connectivity index (χ0v) is 11.9. The molecule has 5 heteroatoms. The zero-order chi connectivity index (χ0) is 14.5. The molecular formula is C15H20N4O. The Hall–Kier alpha value is -2.14. The normalized spacial score (nSPS) is 12.2. The molecule has 0 spiro atoms. The van der Waals surface area contributed by atoms with E-state index in [1.165, 1.54) is 5.56 Å². The molecular weight excluding hydrogens is 252 g/mol. The number of nitrogens with two attached hydrogens (primary N) is 1. The molecule has 1 heterocycles. The molecule has 20 heavy (non-hydrogen) atoms. The van der Waals surface area contributed by atoms with E-state index >= 15 is 0 Å². The van der Waals surface area contributed by atoms with Gasteiger partial charge < -0.3 is 10.6 Å². The van der Waals surface area contributed by atoms with E-state index in [0.717, 1.165) is 12.0 Å². The van der Waals surface area contributed by atoms with Crippen LogP contribution in [0.1, 0.15) is 17.2 Å². The van der Waals surface area contributed by atoms with Crippen molar-refractivity contribution in [3.05, 3.63) is 53.9 Å². The first kappa shape index (κ1) is 14.3. The number of nitrogens with zero attached hydrogens (tertiary/aromatic N) is 3. The second-order valence-corrected chi connectivity index (χ2v) is 4.92. The summed E-state index contributed by atoms with van der Waals surface area (Å²) in [6, 6.07) is 9.44. The molecule has 0 aliphatic carbocycles. The van der Waals surface area contributed by atoms with Crippen LogP contribution in [-0.4, -0.2) is 34.2 Å². The highest BCUT2D eigenvalue weighted by Crippen LogP contribution is 2.11. The van der Waals surface area contributed by atoms with Gasteiger partial charge in [0, 0.05) is 32.4 Å². The van der Waals surface area contributed by atoms with Crippen LogP contribution in [0, 0.1) is 0 Å². The lowest BCUT2D eigenvalue weighted by Crippen LogP contribution is -2.36. The van der Waals surface area contributed by atoms with Gasteiger partial charge in [-0.3, -0.25) is 9.48 Å². The van der Waals surface area contributed by atoms with Gasteiger partial charge in [-0.15, -0.1) is 0 Å². The minimum atomic E-state index is -0.649. The van der Waals surface area contributed by atoms with E-state index in [-0.39, 0.29) is 5.91 Å². The largest absolute Gasteiger partial charge is 0.344 e. The van der Waals surface area contributed by atoms with Crippen molar-refractivity contribution in [1.82, 2.24) is 14.7 Å². The predicted molar refractivity (Wildman–Crippen MR) is 77.9 cm³/mol. The van der Waals surface area contributed by atoms with Crippen LogP contribution in [0.2, 0.25) is 0 Å². The molecule has 1 atom stereocenters. The number of amides is 1. The fourth-order valence-electron chi connectivity index (χ4n) is 2.03. The molecule has 0 bridgehead atoms. The Balaban J connectivity index is 1.91. The molecule has 0 saturated heterocycles. The number of carbonyl (C=O) groups excluding carboxylic acids is 1. The molecule has 0 saturated carbocycles. The van der Waals surface area contributed by atoms with E-state index in [1.807, 2.05) is 18.2 Å². The Bertz CT molecular complexity index is 564. The van der Waals surface area contributed by atoms with Crippen LogP contribution in [0.5, 0.6) is 0 Å². The van der Waals surface area contributed by atoms with Crippen LogP contribution < -0.4 is 5.73 Å². The molecule has 2 N–H and O–H groups in total. The van der Waals surface area contributed by atoms with Crippen LogP contribution in [-0.2, 0) is 18.3 Å². The van der Waals surface area contributed by atoms with Crippen LogP contribution in [0.4, 0.5) is 0 Å². The Morgan fingerprint density at radius 3 is 2.70 bits per heavy atom. The second kappa shape index (κ2) is 6.34. The molecule has 1 aromatic carbocycles. The number of rotatable bonds is 5. The van der Waals surface area contributed by atoms with E-state index in [1.54, 1.807) is 36.1 Å². The number of aryl methyl sites for hydroxylation is 1. The topological polar surface area (TPSA) is 64.2 Å². The van der Waals surface area contributed by atoms with Crippen molar-refractivity contribution in [1.29, 1.82) is 0 Å². The summed E-state index contributed by atoms with van der Waals surface area (Å²) in [6.07, 6.45) is 4.23. The van der Waals surface area contributed by atoms with Gasteiger partial charge in [0.1, 0.15) is 6.04 Å². The highest BCUT2D eigenvalue weighted by molar-refractivity contribution is 5.82. The highest BCUT2D eigenvalue weighted by Gasteiger charge is 2.20. The van der Waals surface area contributed by atoms with Gasteiger partial charge >= 0.3 is 0 Å². The summed E-state index contributed by atoms with van der Waals surface area (Å²) in [5.41, 5.74) is 7.93. The van der Waals surface area contributed by atoms with Crippen molar-refractivity contribution in [2.24, 2.45) is 12.8 Å². The molecule has 1 amide bonds. The molecule has 0 radical (unpaired) electrons. The molecule has 0 fully saturated rings. The first-order valence-electron chi connectivity index (χ1n) is 6.61. The molecule has 106 valence electrons. The average molecular weight is 272 g/mol. The summed E-state index contributed by atoms with van der Waals surface area (Å²) in [6.45, 7) is 0.650. The molecule has 0 aliphatic rings. The van der Waals surface area contributed by atoms with E-state index in [4.69, 9.17) is 5.73 Å². The third kappa shape index (κ3) is 3.45. The third-order valence-electron chi connectivity index (χ3n) is 3.30. The molecule has 0 aliphatic heterocycles. The molecule has 1 unspecified atom stereocenters. The lowest BCUT2D eigenvalue weighted by molar-refractivity contribution is -0.131. The van der Waals surface area contributed by atoms with Crippen molar-refractivity contribution in [2.45, 2.75) is 12.5 Å². The standard InChI is InChI=1S/C15H20N4O/c1-18(9-8-12-6-4-3-5-7-12)15(20)14(16)13-10-17-19(2)11-13/h3-7,10-11,14H,8-9,16H2,1-2H3. The van der Waals surface area contributed by atoms with Crippen molar-refractivity contribution in [3.63, 3.8) is 0 Å². The minimum Gasteiger partial charge on any atom is -0.344 e. The average Bonchev–Trinajstić information content (AvgIpc) is 2.91. The second-order valence-electron chi connectivity index (χ2n) is 4.92. The van der Waals surface area contributed by atoms with Crippen LogP contribution in [0.3, 0.4) is 0 Å². The Labute approximate surface area is 119 Å². The number of aromatic nitrogens is 2. The summed E-state index contributed by atoms with van der Waals surface area (Å²) in [5, 5.41) is 4.04. The third-order valence-corrected chi connectivity index (χ3v) is 3.30. The first-order chi connectivity index (χ1) is 9.58. The van der Waals surface area contributed by atoms with E-state index in [2.05, 4.69) is 17.2 Å². The number of carbonyl (C=O) groups is 1. The van der Waals surface area contributed by atoms with Gasteiger partial charge in [-0.1, -0.05) is 30.3 Å². The Kier molecular flexibility index (Phi) is 4.53. The Morgan fingerprint density at radius 2 is 2.10 bits per heavy atom. The SMILES string of the molecule is CN(CCc1ccccc1)C(=O)C(N)c1cnn(C)c1. The molecule has 5 nitrogen and oxygen atoms in total. The fourth-order valence-corrected chi connectivity index (χ4v) is 2.03. The summed E-state index contributed by atoms with van der Waals surface area (Å²) in [4.78, 5) is 13.9. The van der Waals surface area contributed by atoms with Gasteiger partial charge in [0.05, 0.1) is 6.20 Å². The fraction of sp³-hybridized carbons (Fsp3) is 0.333. The Morgan fingerprint density at radius 1 is 1.40 bits per heavy atom. The van der Waals surface area contributed by atoms with Gasteiger partial charge in [-0.25, -0.2) is 0 Å². The van der Waals surface area contributed by atoms with Gasteiger partial charge in [-0.05, 0) is 12.0 Å². The zero-order valence-electron chi connectivity index (χ0n) is 11.9. The number of hydrogen-bond acceptors (Lipinski definition) is 3. The molecule has 2 aromatic rings. The highest BCUT2D eigenvalue weighted by atomic mass is 16.2. The monoisotopic (exact) mass is 272 g/mol. The first-order valence-corrected chi connectivity index (χ1v) is 6.61. The summed E-state index contributed by atoms with van der Waals surface area (Å²) >= 11 is 0. The van der Waals surface area contributed by atoms with Crippen molar-refractivity contribution >= 4 is 5.91 Å². The van der Waals surface area contributed by atoms with Gasteiger partial charge in [0.15, 0.2) is 0 Å². The number of likely N-dealkylation sites (N-methyl/N-ethyl adjacent to an activating group) is 1. The summed E-state index contributed by atoms with van der Waals surface area (Å²) in [7, 11) is 3.58. The van der Waals surface area contributed by atoms with Gasteiger partial charge in [0.2, 0.25) is 5.91 Å². The predicted octanol–water partition coefficient (Wildman–Crippen LogP) is 1.12. The minimum absolute atomic E-state index is 0.0890. The number of hydrogen-bond donors (Lipinski definition) is 1. The maximum atomic E-state index is 12.2. The van der Waals surface area contributed by atoms with E-state index in [9.17, 15) is 4.79 Å². The number of benzene rings is 1. The molecule has 1 aromatic heterocycles. The summed E-state index contributed by atoms with van der Waals surface area (Å²) < 4.78 is 1.65. The van der Waals surface area contributed by atoms with Crippen LogP contribution in [0.15, 0.2) is 42.7 Å². The summed E-state index contributed by atoms with van der Waals surface area (Å²) in [5.74, 6) is -0.0890. The van der Waals surface area contributed by atoms with Crippen LogP contribution in [0.25, 0.3) is 0 Å².